The van der Waals surface area contributed by atoms with E-state index in [2.05, 4.69) is 0 Å². The van der Waals surface area contributed by atoms with Gasteiger partial charge in [0, 0.05) is 26.2 Å². The topological polar surface area (TPSA) is 89.3 Å². The molecule has 0 spiro atoms. The summed E-state index contributed by atoms with van der Waals surface area (Å²) in [5.41, 5.74) is 0. The van der Waals surface area contributed by atoms with Crippen LogP contribution < -0.4 is 9.47 Å². The summed E-state index contributed by atoms with van der Waals surface area (Å²) in [7, 11) is -2.24. The number of ether oxygens (including phenoxy) is 2. The van der Waals surface area contributed by atoms with E-state index in [1.54, 1.807) is 18.2 Å². The van der Waals surface area contributed by atoms with Gasteiger partial charge in [0.05, 0.1) is 17.7 Å². The minimum absolute atomic E-state index is 0.0636. The quantitative estimate of drug-likeness (QED) is 0.737. The molecule has 1 unspecified atom stereocenters. The third-order valence-electron chi connectivity index (χ3n) is 5.18. The molecule has 156 valence electrons. The monoisotopic (exact) mass is 420 g/mol. The summed E-state index contributed by atoms with van der Waals surface area (Å²) in [6, 6.07) is 7.87. The fourth-order valence-electron chi connectivity index (χ4n) is 3.54. The maximum atomic E-state index is 12.9. The molecule has 1 aromatic heterocycles. The van der Waals surface area contributed by atoms with Gasteiger partial charge in [-0.05, 0) is 43.5 Å². The Hall–Kier alpha value is -2.52. The number of carbonyl (C=O) groups excluding carboxylic acids is 1. The van der Waals surface area contributed by atoms with E-state index in [0.29, 0.717) is 17.3 Å². The summed E-state index contributed by atoms with van der Waals surface area (Å²) in [5.74, 6) is 1.16. The zero-order chi connectivity index (χ0) is 20.4. The lowest BCUT2D eigenvalue weighted by Gasteiger charge is -2.32. The van der Waals surface area contributed by atoms with Gasteiger partial charge in [-0.25, -0.2) is 8.42 Å². The number of nitrogens with zero attached hydrogens (tertiary/aromatic N) is 2. The van der Waals surface area contributed by atoms with Crippen LogP contribution in [0.15, 0.2) is 45.9 Å². The summed E-state index contributed by atoms with van der Waals surface area (Å²) < 4.78 is 43.6. The van der Waals surface area contributed by atoms with Crippen LogP contribution in [-0.4, -0.2) is 56.4 Å². The van der Waals surface area contributed by atoms with E-state index in [4.69, 9.17) is 13.9 Å². The molecule has 1 aromatic carbocycles. The van der Waals surface area contributed by atoms with Crippen LogP contribution in [0.1, 0.15) is 25.0 Å². The first kappa shape index (κ1) is 19.8. The predicted molar refractivity (Wildman–Crippen MR) is 104 cm³/mol. The van der Waals surface area contributed by atoms with Crippen molar-refractivity contribution >= 4 is 15.9 Å². The largest absolute Gasteiger partial charge is 0.485 e. The Morgan fingerprint density at radius 2 is 1.97 bits per heavy atom. The van der Waals surface area contributed by atoms with Gasteiger partial charge in [0.15, 0.2) is 11.5 Å². The van der Waals surface area contributed by atoms with Crippen LogP contribution in [-0.2, 0) is 21.4 Å². The van der Waals surface area contributed by atoms with Gasteiger partial charge in [-0.15, -0.1) is 0 Å². The van der Waals surface area contributed by atoms with Gasteiger partial charge in [0.2, 0.25) is 16.1 Å². The lowest BCUT2D eigenvalue weighted by molar-refractivity contribution is -0.142. The van der Waals surface area contributed by atoms with E-state index in [9.17, 15) is 13.2 Å². The van der Waals surface area contributed by atoms with Gasteiger partial charge < -0.3 is 18.8 Å². The molecule has 8 nitrogen and oxygen atoms in total. The van der Waals surface area contributed by atoms with Gasteiger partial charge in [0.1, 0.15) is 12.4 Å². The van der Waals surface area contributed by atoms with Gasteiger partial charge in [-0.1, -0.05) is 0 Å². The summed E-state index contributed by atoms with van der Waals surface area (Å²) >= 11 is 0. The van der Waals surface area contributed by atoms with Crippen molar-refractivity contribution < 1.29 is 27.1 Å². The molecule has 29 heavy (non-hydrogen) atoms. The average Bonchev–Trinajstić information content (AvgIpc) is 3.26. The van der Waals surface area contributed by atoms with Crippen molar-refractivity contribution in [2.24, 2.45) is 0 Å². The van der Waals surface area contributed by atoms with E-state index < -0.39 is 16.1 Å². The molecule has 0 saturated carbocycles. The highest BCUT2D eigenvalue weighted by molar-refractivity contribution is 7.89. The number of carbonyl (C=O) groups is 1. The molecule has 1 atom stereocenters. The first-order chi connectivity index (χ1) is 13.9. The van der Waals surface area contributed by atoms with Crippen LogP contribution in [0.5, 0.6) is 11.5 Å². The Morgan fingerprint density at radius 1 is 1.17 bits per heavy atom. The molecule has 0 bridgehead atoms. The lowest BCUT2D eigenvalue weighted by atomic mass is 10.1. The zero-order valence-electron chi connectivity index (χ0n) is 16.2. The number of piperidine rings is 1. The minimum atomic E-state index is -3.73. The normalized spacial score (nSPS) is 19.4. The van der Waals surface area contributed by atoms with Gasteiger partial charge in [-0.3, -0.25) is 4.79 Å². The third kappa shape index (κ3) is 4.11. The van der Waals surface area contributed by atoms with Crippen molar-refractivity contribution in [3.05, 3.63) is 42.4 Å². The second kappa shape index (κ2) is 8.08. The molecular weight excluding hydrogens is 396 g/mol. The molecule has 2 aliphatic rings. The number of fused-ring (bicyclic) bond motifs is 1. The number of furan rings is 1. The third-order valence-corrected chi connectivity index (χ3v) is 6.98. The molecule has 1 fully saturated rings. The SMILES string of the molecule is CN(Cc1ccco1)S(=O)(=O)c1ccc2c(c1)OCC(C(=O)N1CCCCC1)O2. The fourth-order valence-corrected chi connectivity index (χ4v) is 4.69. The Bertz CT molecular complexity index is 967. The number of rotatable bonds is 5. The molecular formula is C20H24N2O6S. The molecule has 2 aliphatic heterocycles. The van der Waals surface area contributed by atoms with Gasteiger partial charge >= 0.3 is 0 Å². The molecule has 0 radical (unpaired) electrons. The second-order valence-corrected chi connectivity index (χ2v) is 9.30. The van der Waals surface area contributed by atoms with Crippen LogP contribution in [0.2, 0.25) is 0 Å². The number of likely N-dealkylation sites (tertiary alicyclic amines) is 1. The zero-order valence-corrected chi connectivity index (χ0v) is 17.1. The van der Waals surface area contributed by atoms with Crippen LogP contribution in [0.25, 0.3) is 0 Å². The number of hydrogen-bond acceptors (Lipinski definition) is 6. The summed E-state index contributed by atoms with van der Waals surface area (Å²) in [4.78, 5) is 14.5. The molecule has 0 N–H and O–H groups in total. The van der Waals surface area contributed by atoms with Gasteiger partial charge in [-0.2, -0.15) is 4.31 Å². The van der Waals surface area contributed by atoms with Crippen LogP contribution in [0.4, 0.5) is 0 Å². The van der Waals surface area contributed by atoms with Crippen molar-refractivity contribution in [1.82, 2.24) is 9.21 Å². The van der Waals surface area contributed by atoms with E-state index in [1.165, 1.54) is 29.7 Å². The standard InChI is InChI=1S/C20H24N2O6S/c1-21(13-15-6-5-11-26-15)29(24,25)16-7-8-17-18(12-16)27-14-19(28-17)20(23)22-9-3-2-4-10-22/h5-8,11-12,19H,2-4,9-10,13-14H2,1H3. The van der Waals surface area contributed by atoms with Crippen molar-refractivity contribution in [2.45, 2.75) is 36.8 Å². The first-order valence-corrected chi connectivity index (χ1v) is 11.1. The maximum Gasteiger partial charge on any atom is 0.267 e. The van der Waals surface area contributed by atoms with E-state index >= 15 is 0 Å². The summed E-state index contributed by atoms with van der Waals surface area (Å²) in [6.45, 7) is 1.67. The Kier molecular flexibility index (Phi) is 5.51. The van der Waals surface area contributed by atoms with Crippen molar-refractivity contribution in [3.63, 3.8) is 0 Å². The Labute approximate surface area is 170 Å². The molecule has 0 aliphatic carbocycles. The predicted octanol–water partition coefficient (Wildman–Crippen LogP) is 2.25. The maximum absolute atomic E-state index is 12.9. The number of amides is 1. The van der Waals surface area contributed by atoms with E-state index in [1.807, 2.05) is 4.90 Å². The molecule has 1 amide bonds. The van der Waals surface area contributed by atoms with Crippen LogP contribution in [0, 0.1) is 0 Å². The lowest BCUT2D eigenvalue weighted by Crippen LogP contribution is -2.48. The average molecular weight is 420 g/mol. The molecule has 3 heterocycles. The molecule has 4 rings (SSSR count). The summed E-state index contributed by atoms with van der Waals surface area (Å²) in [5, 5.41) is 0. The van der Waals surface area contributed by atoms with E-state index in [-0.39, 0.29) is 24.0 Å². The number of hydrogen-bond donors (Lipinski definition) is 0. The summed E-state index contributed by atoms with van der Waals surface area (Å²) in [6.07, 6.45) is 3.94. The van der Waals surface area contributed by atoms with Crippen LogP contribution in [0.3, 0.4) is 0 Å². The van der Waals surface area contributed by atoms with Crippen LogP contribution >= 0.6 is 0 Å². The second-order valence-electron chi connectivity index (χ2n) is 7.25. The highest BCUT2D eigenvalue weighted by atomic mass is 32.2. The van der Waals surface area contributed by atoms with Crippen molar-refractivity contribution in [1.29, 1.82) is 0 Å². The van der Waals surface area contributed by atoms with Crippen molar-refractivity contribution in [2.75, 3.05) is 26.7 Å². The highest BCUT2D eigenvalue weighted by Crippen LogP contribution is 2.35. The smallest absolute Gasteiger partial charge is 0.267 e. The fraction of sp³-hybridized carbons (Fsp3) is 0.450. The Morgan fingerprint density at radius 3 is 2.69 bits per heavy atom. The molecule has 9 heteroatoms. The van der Waals surface area contributed by atoms with E-state index in [0.717, 1.165) is 32.4 Å². The van der Waals surface area contributed by atoms with Crippen molar-refractivity contribution in [3.8, 4) is 11.5 Å². The minimum Gasteiger partial charge on any atom is -0.485 e. The van der Waals surface area contributed by atoms with Gasteiger partial charge in [0.25, 0.3) is 5.91 Å². The first-order valence-electron chi connectivity index (χ1n) is 9.66. The molecule has 2 aromatic rings. The Balaban J connectivity index is 1.47. The number of sulfonamides is 1. The number of benzene rings is 1. The highest BCUT2D eigenvalue weighted by Gasteiger charge is 2.33. The molecule has 1 saturated heterocycles.